The maximum absolute atomic E-state index is 13.7. The van der Waals surface area contributed by atoms with E-state index in [0.29, 0.717) is 5.69 Å². The van der Waals surface area contributed by atoms with Crippen LogP contribution in [0.5, 0.6) is 0 Å². The smallest absolute Gasteiger partial charge is 0.242 e. The summed E-state index contributed by atoms with van der Waals surface area (Å²) in [5.74, 6) is -0.826. The fourth-order valence-electron chi connectivity index (χ4n) is 4.17. The Balaban J connectivity index is 1.69. The van der Waals surface area contributed by atoms with E-state index in [-0.39, 0.29) is 23.2 Å². The first kappa shape index (κ1) is 28.1. The number of carbonyl (C=O) groups is 2. The molecule has 0 saturated heterocycles. The second-order valence-corrected chi connectivity index (χ2v) is 11.8. The molecule has 0 spiro atoms. The minimum absolute atomic E-state index is 0.00394. The summed E-state index contributed by atoms with van der Waals surface area (Å²) in [5.41, 5.74) is 1.96. The molecular formula is C30H32N4O4S. The molecular weight excluding hydrogens is 512 g/mol. The Kier molecular flexibility index (Phi) is 8.52. The van der Waals surface area contributed by atoms with Crippen LogP contribution in [0.2, 0.25) is 0 Å². The quantitative estimate of drug-likeness (QED) is 0.201. The Bertz CT molecular complexity index is 1620. The molecule has 202 valence electrons. The fraction of sp³-hybridized carbons (Fsp3) is 0.267. The van der Waals surface area contributed by atoms with Crippen molar-refractivity contribution in [2.45, 2.75) is 44.0 Å². The van der Waals surface area contributed by atoms with Crippen molar-refractivity contribution in [1.82, 2.24) is 14.3 Å². The predicted molar refractivity (Wildman–Crippen MR) is 152 cm³/mol. The number of sulfonamides is 1. The minimum atomic E-state index is -3.73. The van der Waals surface area contributed by atoms with E-state index in [1.54, 1.807) is 18.2 Å². The number of amides is 1. The lowest BCUT2D eigenvalue weighted by atomic mass is 10.0. The molecule has 4 rings (SSSR count). The van der Waals surface area contributed by atoms with Gasteiger partial charge in [0, 0.05) is 31.7 Å². The Morgan fingerprint density at radius 3 is 2.38 bits per heavy atom. The average Bonchev–Trinajstić information content (AvgIpc) is 2.95. The maximum Gasteiger partial charge on any atom is 0.242 e. The monoisotopic (exact) mass is 544 g/mol. The zero-order valence-electron chi connectivity index (χ0n) is 22.5. The summed E-state index contributed by atoms with van der Waals surface area (Å²) in [4.78, 5) is 36.8. The van der Waals surface area contributed by atoms with Crippen LogP contribution in [-0.4, -0.2) is 48.5 Å². The number of carbonyl (C=O) groups excluding carboxylic acids is 2. The molecule has 1 atom stereocenters. The lowest BCUT2D eigenvalue weighted by Gasteiger charge is -2.24. The molecule has 0 radical (unpaired) electrons. The van der Waals surface area contributed by atoms with Crippen LogP contribution in [0.3, 0.4) is 0 Å². The van der Waals surface area contributed by atoms with Crippen molar-refractivity contribution in [3.05, 3.63) is 96.1 Å². The Morgan fingerprint density at radius 2 is 1.67 bits per heavy atom. The number of ketones is 1. The third-order valence-electron chi connectivity index (χ3n) is 6.72. The van der Waals surface area contributed by atoms with Gasteiger partial charge in [-0.05, 0) is 59.0 Å². The van der Waals surface area contributed by atoms with Gasteiger partial charge in [-0.1, -0.05) is 56.3 Å². The Labute approximate surface area is 229 Å². The van der Waals surface area contributed by atoms with E-state index in [1.807, 2.05) is 56.3 Å². The van der Waals surface area contributed by atoms with Crippen molar-refractivity contribution >= 4 is 38.2 Å². The number of nitrogens with zero attached hydrogens (tertiary/aromatic N) is 4. The van der Waals surface area contributed by atoms with Crippen molar-refractivity contribution in [2.75, 3.05) is 19.0 Å². The number of aromatic nitrogens is 2. The van der Waals surface area contributed by atoms with E-state index in [2.05, 4.69) is 9.97 Å². The van der Waals surface area contributed by atoms with Gasteiger partial charge in [-0.15, -0.1) is 0 Å². The standard InChI is InChI=1S/C30H32N4O4S/c1-5-21(2)27-15-16-31-30(32-27)28(35)19-29(36)34(20-22-13-14-23-9-6-7-10-24(23)17-22)25-11-8-12-26(18-25)39(37,38)33(3)4/h6-18,21H,5,19-20H2,1-4H3. The molecule has 0 N–H and O–H groups in total. The fourth-order valence-corrected chi connectivity index (χ4v) is 5.11. The molecule has 1 amide bonds. The van der Waals surface area contributed by atoms with Crippen LogP contribution in [0, 0.1) is 0 Å². The van der Waals surface area contributed by atoms with E-state index in [9.17, 15) is 18.0 Å². The number of hydrogen-bond donors (Lipinski definition) is 0. The van der Waals surface area contributed by atoms with Gasteiger partial charge < -0.3 is 4.90 Å². The maximum atomic E-state index is 13.7. The summed E-state index contributed by atoms with van der Waals surface area (Å²) in [6.07, 6.45) is 1.94. The van der Waals surface area contributed by atoms with Crippen LogP contribution in [0.15, 0.2) is 83.9 Å². The van der Waals surface area contributed by atoms with Gasteiger partial charge in [-0.3, -0.25) is 9.59 Å². The summed E-state index contributed by atoms with van der Waals surface area (Å²) >= 11 is 0. The third kappa shape index (κ3) is 6.38. The van der Waals surface area contributed by atoms with Gasteiger partial charge in [0.1, 0.15) is 0 Å². The van der Waals surface area contributed by atoms with Crippen molar-refractivity contribution in [1.29, 1.82) is 0 Å². The van der Waals surface area contributed by atoms with Gasteiger partial charge >= 0.3 is 0 Å². The number of rotatable bonds is 10. The van der Waals surface area contributed by atoms with Gasteiger partial charge in [0.25, 0.3) is 0 Å². The van der Waals surface area contributed by atoms with Crippen LogP contribution in [0.25, 0.3) is 10.8 Å². The number of hydrogen-bond acceptors (Lipinski definition) is 6. The zero-order chi connectivity index (χ0) is 28.2. The van der Waals surface area contributed by atoms with Crippen molar-refractivity contribution in [2.24, 2.45) is 0 Å². The lowest BCUT2D eigenvalue weighted by molar-refractivity contribution is -0.117. The van der Waals surface area contributed by atoms with Gasteiger partial charge in [0.05, 0.1) is 17.9 Å². The second kappa shape index (κ2) is 11.8. The number of anilines is 1. The first-order valence-corrected chi connectivity index (χ1v) is 14.2. The van der Waals surface area contributed by atoms with Crippen LogP contribution >= 0.6 is 0 Å². The molecule has 0 aliphatic rings. The van der Waals surface area contributed by atoms with Crippen LogP contribution < -0.4 is 4.90 Å². The predicted octanol–water partition coefficient (Wildman–Crippen LogP) is 5.20. The molecule has 0 aliphatic heterocycles. The van der Waals surface area contributed by atoms with Gasteiger partial charge in [0.2, 0.25) is 21.7 Å². The molecule has 4 aromatic rings. The SMILES string of the molecule is CCC(C)c1ccnc(C(=O)CC(=O)N(Cc2ccc3ccccc3c2)c2cccc(S(=O)(=O)N(C)C)c2)n1. The summed E-state index contributed by atoms with van der Waals surface area (Å²) < 4.78 is 26.7. The van der Waals surface area contributed by atoms with E-state index >= 15 is 0 Å². The summed E-state index contributed by atoms with van der Waals surface area (Å²) in [6, 6.07) is 21.7. The van der Waals surface area contributed by atoms with E-state index in [0.717, 1.165) is 32.8 Å². The highest BCUT2D eigenvalue weighted by atomic mass is 32.2. The first-order valence-electron chi connectivity index (χ1n) is 12.8. The summed E-state index contributed by atoms with van der Waals surface area (Å²) in [6.45, 7) is 4.20. The average molecular weight is 545 g/mol. The number of Topliss-reactive ketones (excluding diaryl/α,β-unsaturated/α-hetero) is 1. The van der Waals surface area contributed by atoms with Crippen molar-refractivity contribution < 1.29 is 18.0 Å². The molecule has 3 aromatic carbocycles. The molecule has 9 heteroatoms. The van der Waals surface area contributed by atoms with Crippen LogP contribution in [-0.2, 0) is 21.4 Å². The van der Waals surface area contributed by atoms with Gasteiger partial charge in [-0.25, -0.2) is 22.7 Å². The highest BCUT2D eigenvalue weighted by Gasteiger charge is 2.25. The third-order valence-corrected chi connectivity index (χ3v) is 8.53. The van der Waals surface area contributed by atoms with E-state index in [1.165, 1.54) is 37.3 Å². The highest BCUT2D eigenvalue weighted by molar-refractivity contribution is 7.89. The molecule has 0 aliphatic carbocycles. The minimum Gasteiger partial charge on any atom is -0.308 e. The molecule has 8 nitrogen and oxygen atoms in total. The molecule has 0 bridgehead atoms. The lowest BCUT2D eigenvalue weighted by Crippen LogP contribution is -2.32. The topological polar surface area (TPSA) is 101 Å². The van der Waals surface area contributed by atoms with Crippen LogP contribution in [0.4, 0.5) is 5.69 Å². The van der Waals surface area contributed by atoms with E-state index < -0.39 is 28.1 Å². The molecule has 0 fully saturated rings. The van der Waals surface area contributed by atoms with Crippen molar-refractivity contribution in [3.8, 4) is 0 Å². The van der Waals surface area contributed by atoms with Gasteiger partial charge in [0.15, 0.2) is 5.82 Å². The number of fused-ring (bicyclic) bond motifs is 1. The van der Waals surface area contributed by atoms with E-state index in [4.69, 9.17) is 0 Å². The van der Waals surface area contributed by atoms with Crippen molar-refractivity contribution in [3.63, 3.8) is 0 Å². The molecule has 0 saturated carbocycles. The highest BCUT2D eigenvalue weighted by Crippen LogP contribution is 2.25. The van der Waals surface area contributed by atoms with Crippen LogP contribution in [0.1, 0.15) is 54.5 Å². The summed E-state index contributed by atoms with van der Waals surface area (Å²) in [7, 11) is -0.832. The Morgan fingerprint density at radius 1 is 0.923 bits per heavy atom. The first-order chi connectivity index (χ1) is 18.6. The summed E-state index contributed by atoms with van der Waals surface area (Å²) in [5, 5.41) is 2.07. The molecule has 39 heavy (non-hydrogen) atoms. The number of benzene rings is 3. The normalized spacial score (nSPS) is 12.4. The second-order valence-electron chi connectivity index (χ2n) is 9.66. The molecule has 1 unspecified atom stereocenters. The largest absolute Gasteiger partial charge is 0.308 e. The molecule has 1 aromatic heterocycles. The zero-order valence-corrected chi connectivity index (χ0v) is 23.4. The van der Waals surface area contributed by atoms with Gasteiger partial charge in [-0.2, -0.15) is 0 Å². The Hall–Kier alpha value is -3.95. The molecule has 1 heterocycles.